The molecule has 19 heavy (non-hydrogen) atoms. The third kappa shape index (κ3) is 3.22. The van der Waals surface area contributed by atoms with E-state index >= 15 is 0 Å². The molecule has 0 aromatic heterocycles. The number of nitro benzene ring substituents is 1. The first-order valence-corrected chi connectivity index (χ1v) is 9.44. The van der Waals surface area contributed by atoms with Gasteiger partial charge in [0, 0.05) is 30.7 Å². The molecule has 104 valence electrons. The maximum absolute atomic E-state index is 12.5. The number of hydrogen-bond acceptors (Lipinski definition) is 6. The van der Waals surface area contributed by atoms with Crippen LogP contribution in [-0.4, -0.2) is 42.2 Å². The number of rotatable bonds is 3. The topological polar surface area (TPSA) is 80.5 Å². The lowest BCUT2D eigenvalue weighted by Crippen LogP contribution is -2.34. The van der Waals surface area contributed by atoms with Gasteiger partial charge in [-0.2, -0.15) is 4.31 Å². The van der Waals surface area contributed by atoms with Crippen molar-refractivity contribution in [3.8, 4) is 0 Å². The van der Waals surface area contributed by atoms with Crippen LogP contribution in [-0.2, 0) is 10.0 Å². The molecule has 0 aliphatic carbocycles. The summed E-state index contributed by atoms with van der Waals surface area (Å²) in [4.78, 5) is 10.0. The lowest BCUT2D eigenvalue weighted by atomic mass is 10.3. The molecule has 0 saturated carbocycles. The molecule has 1 aliphatic heterocycles. The van der Waals surface area contributed by atoms with Crippen molar-refractivity contribution < 1.29 is 13.3 Å². The number of benzene rings is 1. The minimum Gasteiger partial charge on any atom is -0.258 e. The Hall–Kier alpha value is -0.770. The molecule has 0 bridgehead atoms. The molecule has 6 nitrogen and oxygen atoms in total. The Kier molecular flexibility index (Phi) is 4.71. The van der Waals surface area contributed by atoms with Gasteiger partial charge in [-0.1, -0.05) is 33.7 Å². The smallest absolute Gasteiger partial charge is 0.258 e. The summed E-state index contributed by atoms with van der Waals surface area (Å²) in [6.07, 6.45) is 0. The van der Waals surface area contributed by atoms with E-state index in [-0.39, 0.29) is 10.6 Å². The molecule has 0 spiro atoms. The minimum atomic E-state index is -3.80. The third-order valence-electron chi connectivity index (χ3n) is 2.61. The normalized spacial score (nSPS) is 17.9. The Morgan fingerprint density at radius 3 is 2.32 bits per heavy atom. The van der Waals surface area contributed by atoms with Crippen LogP contribution in [0.15, 0.2) is 29.2 Å². The number of nitrogens with zero attached hydrogens (tertiary/aromatic N) is 2. The van der Waals surface area contributed by atoms with Gasteiger partial charge in [-0.3, -0.25) is 10.1 Å². The first-order chi connectivity index (χ1) is 9.03. The van der Waals surface area contributed by atoms with E-state index in [2.05, 4.69) is 0 Å². The molecule has 1 fully saturated rings. The Balaban J connectivity index is 2.41. The van der Waals surface area contributed by atoms with E-state index in [9.17, 15) is 18.5 Å². The molecule has 0 unspecified atom stereocenters. The van der Waals surface area contributed by atoms with E-state index in [1.165, 1.54) is 28.6 Å². The molecule has 1 aromatic rings. The van der Waals surface area contributed by atoms with Crippen LogP contribution in [0.1, 0.15) is 0 Å². The van der Waals surface area contributed by atoms with Gasteiger partial charge in [-0.25, -0.2) is 8.42 Å². The van der Waals surface area contributed by atoms with Gasteiger partial charge >= 0.3 is 0 Å². The van der Waals surface area contributed by atoms with Crippen LogP contribution < -0.4 is 0 Å². The van der Waals surface area contributed by atoms with Crippen molar-refractivity contribution in [2.75, 3.05) is 24.6 Å². The molecule has 2 rings (SSSR count). The van der Waals surface area contributed by atoms with Gasteiger partial charge in [0.05, 0.1) is 4.92 Å². The summed E-state index contributed by atoms with van der Waals surface area (Å²) in [5, 5.41) is 10.9. The Bertz CT molecular complexity index is 568. The largest absolute Gasteiger partial charge is 0.289 e. The van der Waals surface area contributed by atoms with E-state index in [0.29, 0.717) is 24.6 Å². The molecule has 1 saturated heterocycles. The fourth-order valence-electron chi connectivity index (χ4n) is 1.71. The Morgan fingerprint density at radius 1 is 1.16 bits per heavy atom. The minimum absolute atomic E-state index is 0.225. The van der Waals surface area contributed by atoms with Gasteiger partial charge in [0.25, 0.3) is 5.69 Å². The van der Waals surface area contributed by atoms with Crippen LogP contribution in [0, 0.1) is 10.1 Å². The van der Waals surface area contributed by atoms with Crippen LogP contribution >= 0.6 is 21.6 Å². The fourth-order valence-corrected chi connectivity index (χ4v) is 5.52. The zero-order valence-electron chi connectivity index (χ0n) is 9.89. The summed E-state index contributed by atoms with van der Waals surface area (Å²) in [5.74, 6) is 1.37. The zero-order valence-corrected chi connectivity index (χ0v) is 12.3. The second kappa shape index (κ2) is 6.12. The van der Waals surface area contributed by atoms with Crippen molar-refractivity contribution >= 4 is 37.3 Å². The van der Waals surface area contributed by atoms with E-state index in [1.54, 1.807) is 21.6 Å². The third-order valence-corrected chi connectivity index (χ3v) is 6.92. The maximum Gasteiger partial charge on any atom is 0.289 e. The summed E-state index contributed by atoms with van der Waals surface area (Å²) in [6, 6.07) is 5.47. The number of para-hydroxylation sites is 1. The van der Waals surface area contributed by atoms with Crippen molar-refractivity contribution in [1.82, 2.24) is 4.31 Å². The van der Waals surface area contributed by atoms with Crippen LogP contribution in [0.2, 0.25) is 0 Å². The van der Waals surface area contributed by atoms with Gasteiger partial charge in [-0.15, -0.1) is 0 Å². The molecule has 1 aromatic carbocycles. The van der Waals surface area contributed by atoms with Crippen molar-refractivity contribution in [3.05, 3.63) is 34.4 Å². The van der Waals surface area contributed by atoms with Crippen LogP contribution in [0.25, 0.3) is 0 Å². The summed E-state index contributed by atoms with van der Waals surface area (Å²) in [7, 11) is -0.560. The molecule has 0 atom stereocenters. The maximum atomic E-state index is 12.5. The van der Waals surface area contributed by atoms with Gasteiger partial charge < -0.3 is 0 Å². The Labute approximate surface area is 119 Å². The molecule has 0 N–H and O–H groups in total. The number of nitro groups is 1. The number of sulfonamides is 1. The molecular weight excluding hydrogens is 308 g/mol. The van der Waals surface area contributed by atoms with E-state index < -0.39 is 14.9 Å². The molecule has 1 aliphatic rings. The molecule has 0 amide bonds. The summed E-state index contributed by atoms with van der Waals surface area (Å²) in [6.45, 7) is 0.762. The quantitative estimate of drug-likeness (QED) is 0.481. The second-order valence-electron chi connectivity index (χ2n) is 3.77. The van der Waals surface area contributed by atoms with Crippen LogP contribution in [0.5, 0.6) is 0 Å². The second-order valence-corrected chi connectivity index (χ2v) is 8.38. The standard InChI is InChI=1S/C10H12N2O4S3/c13-12(14)9-3-1-2-4-10(9)19(15,16)11-5-7-17-18-8-6-11/h1-4H,5-8H2. The van der Waals surface area contributed by atoms with Crippen molar-refractivity contribution in [2.45, 2.75) is 4.90 Å². The average Bonchev–Trinajstić information content (AvgIpc) is 2.68. The van der Waals surface area contributed by atoms with Gasteiger partial charge in [0.15, 0.2) is 4.90 Å². The van der Waals surface area contributed by atoms with Crippen molar-refractivity contribution in [1.29, 1.82) is 0 Å². The van der Waals surface area contributed by atoms with Gasteiger partial charge in [0.2, 0.25) is 10.0 Å². The molecule has 0 radical (unpaired) electrons. The highest BCUT2D eigenvalue weighted by Crippen LogP contribution is 2.30. The zero-order chi connectivity index (χ0) is 13.9. The molecule has 9 heteroatoms. The lowest BCUT2D eigenvalue weighted by Gasteiger charge is -2.19. The summed E-state index contributed by atoms with van der Waals surface area (Å²) >= 11 is 0. The first kappa shape index (κ1) is 14.6. The predicted molar refractivity (Wildman–Crippen MR) is 76.8 cm³/mol. The highest BCUT2D eigenvalue weighted by molar-refractivity contribution is 8.76. The highest BCUT2D eigenvalue weighted by atomic mass is 33.1. The molecule has 1 heterocycles. The van der Waals surface area contributed by atoms with Gasteiger partial charge in [0.1, 0.15) is 0 Å². The monoisotopic (exact) mass is 320 g/mol. The SMILES string of the molecule is O=[N+]([O-])c1ccccc1S(=O)(=O)N1CCSSCC1. The summed E-state index contributed by atoms with van der Waals surface area (Å²) in [5.41, 5.74) is -0.368. The lowest BCUT2D eigenvalue weighted by molar-refractivity contribution is -0.387. The van der Waals surface area contributed by atoms with E-state index in [0.717, 1.165) is 0 Å². The predicted octanol–water partition coefficient (Wildman–Crippen LogP) is 1.98. The molecular formula is C10H12N2O4S3. The van der Waals surface area contributed by atoms with Crippen molar-refractivity contribution in [3.63, 3.8) is 0 Å². The van der Waals surface area contributed by atoms with E-state index in [4.69, 9.17) is 0 Å². The van der Waals surface area contributed by atoms with Crippen molar-refractivity contribution in [2.24, 2.45) is 0 Å². The highest BCUT2D eigenvalue weighted by Gasteiger charge is 2.31. The Morgan fingerprint density at radius 2 is 1.74 bits per heavy atom. The van der Waals surface area contributed by atoms with Crippen LogP contribution in [0.3, 0.4) is 0 Å². The average molecular weight is 320 g/mol. The number of hydrogen-bond donors (Lipinski definition) is 0. The first-order valence-electron chi connectivity index (χ1n) is 5.51. The van der Waals surface area contributed by atoms with Crippen LogP contribution in [0.4, 0.5) is 5.69 Å². The summed E-state index contributed by atoms with van der Waals surface area (Å²) < 4.78 is 26.3. The fraction of sp³-hybridized carbons (Fsp3) is 0.400. The van der Waals surface area contributed by atoms with E-state index in [1.807, 2.05) is 0 Å². The van der Waals surface area contributed by atoms with Gasteiger partial charge in [-0.05, 0) is 6.07 Å².